The number of amides is 4. The first-order valence-corrected chi connectivity index (χ1v) is 8.32. The standard InChI is InChI=1S/C20H21N3O3/c1-11-6-7-12(2)17(8-11)23-13(3)9-15(14(23)4)10-16-18(24)21-20(26)22(5)19(16)25/h6-10H,1-5H3,(H,21,24,26)/b16-10-. The topological polar surface area (TPSA) is 71.4 Å². The van der Waals surface area contributed by atoms with Crippen LogP contribution in [0.3, 0.4) is 0 Å². The summed E-state index contributed by atoms with van der Waals surface area (Å²) in [7, 11) is 1.34. The molecule has 134 valence electrons. The fourth-order valence-corrected chi connectivity index (χ4v) is 3.17. The van der Waals surface area contributed by atoms with E-state index in [2.05, 4.69) is 28.1 Å². The van der Waals surface area contributed by atoms with E-state index in [1.165, 1.54) is 7.05 Å². The number of aromatic nitrogens is 1. The zero-order valence-electron chi connectivity index (χ0n) is 15.5. The molecule has 1 fully saturated rings. The molecule has 1 aromatic carbocycles. The molecule has 1 aromatic heterocycles. The summed E-state index contributed by atoms with van der Waals surface area (Å²) in [6, 6.07) is 7.46. The summed E-state index contributed by atoms with van der Waals surface area (Å²) in [5.41, 5.74) is 5.99. The van der Waals surface area contributed by atoms with Gasteiger partial charge in [-0.1, -0.05) is 12.1 Å². The van der Waals surface area contributed by atoms with Crippen LogP contribution in [0.4, 0.5) is 4.79 Å². The van der Waals surface area contributed by atoms with Gasteiger partial charge in [0.25, 0.3) is 11.8 Å². The Balaban J connectivity index is 2.12. The van der Waals surface area contributed by atoms with Crippen LogP contribution in [0, 0.1) is 27.7 Å². The van der Waals surface area contributed by atoms with Gasteiger partial charge in [0, 0.05) is 24.1 Å². The van der Waals surface area contributed by atoms with E-state index in [0.29, 0.717) is 0 Å². The van der Waals surface area contributed by atoms with E-state index in [-0.39, 0.29) is 5.57 Å². The van der Waals surface area contributed by atoms with Crippen LogP contribution in [0.5, 0.6) is 0 Å². The molecule has 2 aromatic rings. The number of aryl methyl sites for hydroxylation is 3. The summed E-state index contributed by atoms with van der Waals surface area (Å²) >= 11 is 0. The zero-order valence-corrected chi connectivity index (χ0v) is 15.5. The molecule has 0 aliphatic carbocycles. The quantitative estimate of drug-likeness (QED) is 0.668. The summed E-state index contributed by atoms with van der Waals surface area (Å²) in [5.74, 6) is -1.27. The van der Waals surface area contributed by atoms with Gasteiger partial charge in [-0.05, 0) is 62.6 Å². The Labute approximate surface area is 152 Å². The average Bonchev–Trinajstić information content (AvgIpc) is 2.85. The lowest BCUT2D eigenvalue weighted by molar-refractivity contribution is -0.129. The maximum atomic E-state index is 12.3. The molecule has 1 saturated heterocycles. The van der Waals surface area contributed by atoms with Crippen molar-refractivity contribution < 1.29 is 14.4 Å². The monoisotopic (exact) mass is 351 g/mol. The molecule has 1 aliphatic rings. The second kappa shape index (κ2) is 6.29. The van der Waals surface area contributed by atoms with Gasteiger partial charge < -0.3 is 4.57 Å². The molecule has 0 atom stereocenters. The Morgan fingerprint density at radius 2 is 1.69 bits per heavy atom. The molecule has 1 N–H and O–H groups in total. The Kier molecular flexibility index (Phi) is 4.28. The number of rotatable bonds is 2. The van der Waals surface area contributed by atoms with Crippen LogP contribution < -0.4 is 5.32 Å². The summed E-state index contributed by atoms with van der Waals surface area (Å²) in [5, 5.41) is 2.17. The number of likely N-dealkylation sites (N-methyl/N-ethyl adjacent to an activating group) is 1. The van der Waals surface area contributed by atoms with Gasteiger partial charge in [-0.2, -0.15) is 0 Å². The fourth-order valence-electron chi connectivity index (χ4n) is 3.17. The number of barbiturate groups is 1. The third-order valence-electron chi connectivity index (χ3n) is 4.68. The molecule has 2 heterocycles. The van der Waals surface area contributed by atoms with Gasteiger partial charge in [0.1, 0.15) is 5.57 Å². The Morgan fingerprint density at radius 1 is 1.00 bits per heavy atom. The molecule has 3 rings (SSSR count). The molecule has 6 heteroatoms. The van der Waals surface area contributed by atoms with Crippen LogP contribution in [0.15, 0.2) is 29.8 Å². The van der Waals surface area contributed by atoms with Crippen LogP contribution in [-0.4, -0.2) is 34.4 Å². The first kappa shape index (κ1) is 17.7. The highest BCUT2D eigenvalue weighted by atomic mass is 16.2. The van der Waals surface area contributed by atoms with E-state index in [1.807, 2.05) is 33.8 Å². The number of carbonyl (C=O) groups is 3. The number of imide groups is 2. The normalized spacial score (nSPS) is 16.4. The van der Waals surface area contributed by atoms with Crippen molar-refractivity contribution in [3.05, 3.63) is 57.9 Å². The smallest absolute Gasteiger partial charge is 0.318 e. The van der Waals surface area contributed by atoms with Gasteiger partial charge in [0.2, 0.25) is 0 Å². The lowest BCUT2D eigenvalue weighted by atomic mass is 10.1. The number of benzene rings is 1. The Hall–Kier alpha value is -3.15. The number of hydrogen-bond acceptors (Lipinski definition) is 3. The van der Waals surface area contributed by atoms with E-state index in [0.717, 1.165) is 38.7 Å². The highest BCUT2D eigenvalue weighted by Crippen LogP contribution is 2.26. The van der Waals surface area contributed by atoms with E-state index in [1.54, 1.807) is 6.08 Å². The molecule has 1 aliphatic heterocycles. The van der Waals surface area contributed by atoms with Crippen LogP contribution in [0.1, 0.15) is 28.1 Å². The van der Waals surface area contributed by atoms with Gasteiger partial charge in [-0.3, -0.25) is 19.8 Å². The minimum atomic E-state index is -0.710. The van der Waals surface area contributed by atoms with Crippen molar-refractivity contribution in [3.63, 3.8) is 0 Å². The number of urea groups is 1. The number of hydrogen-bond donors (Lipinski definition) is 1. The van der Waals surface area contributed by atoms with E-state index < -0.39 is 17.8 Å². The first-order valence-electron chi connectivity index (χ1n) is 8.32. The molecule has 4 amide bonds. The van der Waals surface area contributed by atoms with Crippen LogP contribution >= 0.6 is 0 Å². The fraction of sp³-hybridized carbons (Fsp3) is 0.250. The Bertz CT molecular complexity index is 982. The molecular weight excluding hydrogens is 330 g/mol. The molecule has 0 bridgehead atoms. The van der Waals surface area contributed by atoms with Crippen LogP contribution in [0.25, 0.3) is 11.8 Å². The third kappa shape index (κ3) is 2.83. The van der Waals surface area contributed by atoms with Gasteiger partial charge in [-0.25, -0.2) is 4.79 Å². The SMILES string of the molecule is Cc1ccc(C)c(-n2c(C)cc(/C=C3/C(=O)NC(=O)N(C)C3=O)c2C)c1. The second-order valence-electron chi connectivity index (χ2n) is 6.63. The zero-order chi connectivity index (χ0) is 19.2. The molecular formula is C20H21N3O3. The molecule has 0 unspecified atom stereocenters. The molecule has 6 nitrogen and oxygen atoms in total. The maximum absolute atomic E-state index is 12.3. The predicted octanol–water partition coefficient (Wildman–Crippen LogP) is 2.80. The highest BCUT2D eigenvalue weighted by Gasteiger charge is 2.33. The van der Waals surface area contributed by atoms with Gasteiger partial charge in [0.05, 0.1) is 0 Å². The minimum absolute atomic E-state index is 0.0479. The van der Waals surface area contributed by atoms with Gasteiger partial charge in [0.15, 0.2) is 0 Å². The third-order valence-corrected chi connectivity index (χ3v) is 4.68. The van der Waals surface area contributed by atoms with Crippen LogP contribution in [0.2, 0.25) is 0 Å². The highest BCUT2D eigenvalue weighted by molar-refractivity contribution is 6.30. The summed E-state index contributed by atoms with van der Waals surface area (Å²) < 4.78 is 2.11. The lowest BCUT2D eigenvalue weighted by Gasteiger charge is -2.22. The summed E-state index contributed by atoms with van der Waals surface area (Å²) in [6.45, 7) is 8.01. The van der Waals surface area contributed by atoms with Crippen molar-refractivity contribution in [2.24, 2.45) is 0 Å². The molecule has 0 saturated carbocycles. The van der Waals surface area contributed by atoms with Crippen molar-refractivity contribution in [2.75, 3.05) is 7.05 Å². The van der Waals surface area contributed by atoms with Crippen molar-refractivity contribution in [3.8, 4) is 5.69 Å². The van der Waals surface area contributed by atoms with Crippen molar-refractivity contribution in [1.82, 2.24) is 14.8 Å². The summed E-state index contributed by atoms with van der Waals surface area (Å²) in [6.07, 6.45) is 1.55. The lowest BCUT2D eigenvalue weighted by Crippen LogP contribution is -2.52. The molecule has 0 spiro atoms. The minimum Gasteiger partial charge on any atom is -0.318 e. The predicted molar refractivity (Wildman–Crippen MR) is 99.0 cm³/mol. The number of nitrogens with zero attached hydrogens (tertiary/aromatic N) is 2. The van der Waals surface area contributed by atoms with E-state index in [4.69, 9.17) is 0 Å². The Morgan fingerprint density at radius 3 is 2.38 bits per heavy atom. The van der Waals surface area contributed by atoms with Gasteiger partial charge in [-0.15, -0.1) is 0 Å². The number of nitrogens with one attached hydrogen (secondary N) is 1. The van der Waals surface area contributed by atoms with Gasteiger partial charge >= 0.3 is 6.03 Å². The molecule has 0 radical (unpaired) electrons. The van der Waals surface area contributed by atoms with E-state index in [9.17, 15) is 14.4 Å². The van der Waals surface area contributed by atoms with Crippen molar-refractivity contribution in [1.29, 1.82) is 0 Å². The first-order chi connectivity index (χ1) is 12.2. The second-order valence-corrected chi connectivity index (χ2v) is 6.63. The van der Waals surface area contributed by atoms with Crippen molar-refractivity contribution >= 4 is 23.9 Å². The summed E-state index contributed by atoms with van der Waals surface area (Å²) in [4.78, 5) is 36.8. The number of carbonyl (C=O) groups excluding carboxylic acids is 3. The van der Waals surface area contributed by atoms with Crippen LogP contribution in [-0.2, 0) is 9.59 Å². The maximum Gasteiger partial charge on any atom is 0.331 e. The molecule has 26 heavy (non-hydrogen) atoms. The average molecular weight is 351 g/mol. The van der Waals surface area contributed by atoms with Crippen molar-refractivity contribution in [2.45, 2.75) is 27.7 Å². The largest absolute Gasteiger partial charge is 0.331 e. The van der Waals surface area contributed by atoms with E-state index >= 15 is 0 Å².